The van der Waals surface area contributed by atoms with Crippen LogP contribution in [0.15, 0.2) is 45.8 Å². The fraction of sp³-hybridized carbons (Fsp3) is 0.0769. The number of anilines is 1. The topological polar surface area (TPSA) is 55.4 Å². The zero-order valence-electron chi connectivity index (χ0n) is 10.7. The molecule has 21 heavy (non-hydrogen) atoms. The SMILES string of the molecule is COc1ccc(Cl)cc1NS(=O)(=O)c1ccc(Br)cc1Cl. The molecule has 0 spiro atoms. The van der Waals surface area contributed by atoms with Gasteiger partial charge in [-0.3, -0.25) is 4.72 Å². The van der Waals surface area contributed by atoms with E-state index in [0.717, 1.165) is 0 Å². The van der Waals surface area contributed by atoms with Gasteiger partial charge in [-0.1, -0.05) is 39.1 Å². The van der Waals surface area contributed by atoms with Crippen molar-refractivity contribution in [2.24, 2.45) is 0 Å². The smallest absolute Gasteiger partial charge is 0.263 e. The molecule has 0 bridgehead atoms. The second-order valence-electron chi connectivity index (χ2n) is 4.02. The Morgan fingerprint density at radius 3 is 2.48 bits per heavy atom. The van der Waals surface area contributed by atoms with E-state index in [0.29, 0.717) is 15.2 Å². The van der Waals surface area contributed by atoms with Crippen molar-refractivity contribution >= 4 is 54.8 Å². The number of nitrogens with one attached hydrogen (secondary N) is 1. The van der Waals surface area contributed by atoms with Gasteiger partial charge in [-0.05, 0) is 36.4 Å². The van der Waals surface area contributed by atoms with Crippen LogP contribution in [0.3, 0.4) is 0 Å². The molecule has 1 N–H and O–H groups in total. The summed E-state index contributed by atoms with van der Waals surface area (Å²) in [6.45, 7) is 0. The van der Waals surface area contributed by atoms with Gasteiger partial charge in [0.25, 0.3) is 10.0 Å². The molecule has 2 aromatic rings. The molecule has 0 saturated carbocycles. The number of methoxy groups -OCH3 is 1. The van der Waals surface area contributed by atoms with Gasteiger partial charge in [-0.2, -0.15) is 0 Å². The van der Waals surface area contributed by atoms with Gasteiger partial charge in [0.2, 0.25) is 0 Å². The van der Waals surface area contributed by atoms with Crippen LogP contribution in [-0.2, 0) is 10.0 Å². The minimum atomic E-state index is -3.85. The number of benzene rings is 2. The molecule has 0 aromatic heterocycles. The summed E-state index contributed by atoms with van der Waals surface area (Å²) in [6, 6.07) is 9.14. The lowest BCUT2D eigenvalue weighted by molar-refractivity contribution is 0.417. The third kappa shape index (κ3) is 3.83. The molecule has 0 amide bonds. The van der Waals surface area contributed by atoms with Crippen LogP contribution in [0.4, 0.5) is 5.69 Å². The summed E-state index contributed by atoms with van der Waals surface area (Å²) in [5.41, 5.74) is 0.240. The first-order valence-electron chi connectivity index (χ1n) is 5.65. The van der Waals surface area contributed by atoms with Crippen molar-refractivity contribution in [1.82, 2.24) is 0 Å². The van der Waals surface area contributed by atoms with E-state index in [9.17, 15) is 8.42 Å². The summed E-state index contributed by atoms with van der Waals surface area (Å²) >= 11 is 15.1. The molecule has 112 valence electrons. The maximum Gasteiger partial charge on any atom is 0.263 e. The molecule has 0 radical (unpaired) electrons. The maximum atomic E-state index is 12.4. The van der Waals surface area contributed by atoms with Crippen LogP contribution in [0.1, 0.15) is 0 Å². The van der Waals surface area contributed by atoms with Crippen molar-refractivity contribution in [2.45, 2.75) is 4.90 Å². The lowest BCUT2D eigenvalue weighted by atomic mass is 10.3. The highest BCUT2D eigenvalue weighted by Crippen LogP contribution is 2.32. The van der Waals surface area contributed by atoms with Gasteiger partial charge in [0.05, 0.1) is 17.8 Å². The van der Waals surface area contributed by atoms with E-state index in [1.807, 2.05) is 0 Å². The van der Waals surface area contributed by atoms with E-state index in [2.05, 4.69) is 20.7 Å². The van der Waals surface area contributed by atoms with Gasteiger partial charge < -0.3 is 4.74 Å². The lowest BCUT2D eigenvalue weighted by Gasteiger charge is -2.13. The second kappa shape index (κ2) is 6.44. The normalized spacial score (nSPS) is 11.2. The summed E-state index contributed by atoms with van der Waals surface area (Å²) in [6.07, 6.45) is 0. The standard InChI is InChI=1S/C13H10BrCl2NO3S/c1-20-12-4-3-9(15)7-11(12)17-21(18,19)13-5-2-8(14)6-10(13)16/h2-7,17H,1H3. The zero-order valence-corrected chi connectivity index (χ0v) is 14.6. The molecule has 2 aromatic carbocycles. The minimum Gasteiger partial charge on any atom is -0.495 e. The third-order valence-electron chi connectivity index (χ3n) is 2.59. The quantitative estimate of drug-likeness (QED) is 0.803. The van der Waals surface area contributed by atoms with E-state index >= 15 is 0 Å². The van der Waals surface area contributed by atoms with E-state index < -0.39 is 10.0 Å². The maximum absolute atomic E-state index is 12.4. The molecule has 8 heteroatoms. The highest BCUT2D eigenvalue weighted by atomic mass is 79.9. The Hall–Kier alpha value is -0.950. The number of sulfonamides is 1. The van der Waals surface area contributed by atoms with Crippen molar-refractivity contribution in [3.8, 4) is 5.75 Å². The molecule has 0 atom stereocenters. The molecule has 0 unspecified atom stereocenters. The van der Waals surface area contributed by atoms with Crippen LogP contribution in [0.5, 0.6) is 5.75 Å². The molecule has 0 heterocycles. The van der Waals surface area contributed by atoms with Crippen LogP contribution in [0, 0.1) is 0 Å². The fourth-order valence-electron chi connectivity index (χ4n) is 1.65. The Bertz CT molecular complexity index is 781. The van der Waals surface area contributed by atoms with E-state index in [1.54, 1.807) is 18.2 Å². The van der Waals surface area contributed by atoms with Crippen molar-refractivity contribution in [1.29, 1.82) is 0 Å². The highest BCUT2D eigenvalue weighted by Gasteiger charge is 2.20. The summed E-state index contributed by atoms with van der Waals surface area (Å²) in [4.78, 5) is -0.0330. The van der Waals surface area contributed by atoms with Gasteiger partial charge in [-0.25, -0.2) is 8.42 Å². The summed E-state index contributed by atoms with van der Waals surface area (Å²) in [7, 11) is -2.41. The van der Waals surface area contributed by atoms with Gasteiger partial charge in [0.15, 0.2) is 0 Å². The molecular weight excluding hydrogens is 401 g/mol. The Labute approximate surface area is 141 Å². The average Bonchev–Trinajstić information content (AvgIpc) is 2.37. The first-order chi connectivity index (χ1) is 9.83. The molecule has 4 nitrogen and oxygen atoms in total. The number of hydrogen-bond acceptors (Lipinski definition) is 3. The Kier molecular flexibility index (Phi) is 5.03. The Balaban J connectivity index is 2.44. The molecular formula is C13H10BrCl2NO3S. The average molecular weight is 411 g/mol. The Morgan fingerprint density at radius 2 is 1.86 bits per heavy atom. The number of hydrogen-bond donors (Lipinski definition) is 1. The van der Waals surface area contributed by atoms with Gasteiger partial charge >= 0.3 is 0 Å². The van der Waals surface area contributed by atoms with Gasteiger partial charge in [0.1, 0.15) is 10.6 Å². The zero-order chi connectivity index (χ0) is 15.6. The molecule has 0 aliphatic heterocycles. The highest BCUT2D eigenvalue weighted by molar-refractivity contribution is 9.10. The second-order valence-corrected chi connectivity index (χ2v) is 7.43. The summed E-state index contributed by atoms with van der Waals surface area (Å²) < 4.78 is 33.0. The van der Waals surface area contributed by atoms with Crippen molar-refractivity contribution in [2.75, 3.05) is 11.8 Å². The molecule has 0 fully saturated rings. The van der Waals surface area contributed by atoms with Crippen LogP contribution in [0.2, 0.25) is 10.0 Å². The monoisotopic (exact) mass is 409 g/mol. The molecule has 2 rings (SSSR count). The predicted molar refractivity (Wildman–Crippen MR) is 88.0 cm³/mol. The molecule has 0 saturated heterocycles. The summed E-state index contributed by atoms with van der Waals surface area (Å²) in [5, 5.41) is 0.494. The fourth-order valence-corrected chi connectivity index (χ4v) is 3.92. The minimum absolute atomic E-state index is 0.0330. The van der Waals surface area contributed by atoms with Crippen LogP contribution in [0.25, 0.3) is 0 Å². The van der Waals surface area contributed by atoms with Gasteiger partial charge in [-0.15, -0.1) is 0 Å². The number of ether oxygens (including phenoxy) is 1. The third-order valence-corrected chi connectivity index (χ3v) is 5.17. The van der Waals surface area contributed by atoms with Crippen LogP contribution in [-0.4, -0.2) is 15.5 Å². The van der Waals surface area contributed by atoms with E-state index in [1.165, 1.54) is 25.3 Å². The summed E-state index contributed by atoms with van der Waals surface area (Å²) in [5.74, 6) is 0.358. The molecule has 0 aliphatic rings. The largest absolute Gasteiger partial charge is 0.495 e. The van der Waals surface area contributed by atoms with Crippen molar-refractivity contribution in [3.63, 3.8) is 0 Å². The van der Waals surface area contributed by atoms with Crippen molar-refractivity contribution < 1.29 is 13.2 Å². The van der Waals surface area contributed by atoms with Crippen LogP contribution < -0.4 is 9.46 Å². The van der Waals surface area contributed by atoms with E-state index in [-0.39, 0.29) is 15.6 Å². The number of halogens is 3. The number of rotatable bonds is 4. The van der Waals surface area contributed by atoms with Gasteiger partial charge in [0, 0.05) is 9.50 Å². The Morgan fingerprint density at radius 1 is 1.14 bits per heavy atom. The predicted octanol–water partition coefficient (Wildman–Crippen LogP) is 4.57. The molecule has 0 aliphatic carbocycles. The van der Waals surface area contributed by atoms with Crippen molar-refractivity contribution in [3.05, 3.63) is 50.9 Å². The van der Waals surface area contributed by atoms with E-state index in [4.69, 9.17) is 27.9 Å². The lowest BCUT2D eigenvalue weighted by Crippen LogP contribution is -2.14. The van der Waals surface area contributed by atoms with Crippen LogP contribution >= 0.6 is 39.1 Å². The first kappa shape index (κ1) is 16.4. The first-order valence-corrected chi connectivity index (χ1v) is 8.68.